The summed E-state index contributed by atoms with van der Waals surface area (Å²) in [6, 6.07) is 10.1. The highest BCUT2D eigenvalue weighted by molar-refractivity contribution is 5.76. The van der Waals surface area contributed by atoms with Gasteiger partial charge in [0, 0.05) is 5.56 Å². The van der Waals surface area contributed by atoms with E-state index in [2.05, 4.69) is 0 Å². The predicted octanol–water partition coefficient (Wildman–Crippen LogP) is 2.12. The van der Waals surface area contributed by atoms with Crippen LogP contribution in [0.4, 0.5) is 0 Å². The van der Waals surface area contributed by atoms with Gasteiger partial charge in [-0.3, -0.25) is 4.79 Å². The molecule has 0 aliphatic rings. The Kier molecular flexibility index (Phi) is 2.46. The molecule has 0 fully saturated rings. The van der Waals surface area contributed by atoms with Crippen LogP contribution in [-0.4, -0.2) is 6.29 Å². The van der Waals surface area contributed by atoms with E-state index in [1.165, 1.54) is 6.26 Å². The van der Waals surface area contributed by atoms with Gasteiger partial charge in [-0.1, -0.05) is 24.3 Å². The summed E-state index contributed by atoms with van der Waals surface area (Å²) < 4.78 is 4.74. The zero-order chi connectivity index (χ0) is 10.7. The average molecular weight is 200 g/mol. The summed E-state index contributed by atoms with van der Waals surface area (Å²) in [4.78, 5) is 21.8. The van der Waals surface area contributed by atoms with Crippen LogP contribution in [0.3, 0.4) is 0 Å². The first-order valence-corrected chi connectivity index (χ1v) is 4.45. The van der Waals surface area contributed by atoms with Gasteiger partial charge < -0.3 is 4.42 Å². The van der Waals surface area contributed by atoms with E-state index in [-0.39, 0.29) is 5.63 Å². The molecule has 1 aromatic carbocycles. The fourth-order valence-electron chi connectivity index (χ4n) is 1.32. The van der Waals surface area contributed by atoms with Crippen molar-refractivity contribution in [3.8, 4) is 11.1 Å². The second kappa shape index (κ2) is 3.92. The molecule has 0 bridgehead atoms. The van der Waals surface area contributed by atoms with Gasteiger partial charge in [0.1, 0.15) is 6.29 Å². The van der Waals surface area contributed by atoms with Gasteiger partial charge in [0.15, 0.2) is 0 Å². The van der Waals surface area contributed by atoms with Gasteiger partial charge in [-0.05, 0) is 17.7 Å². The molecule has 15 heavy (non-hydrogen) atoms. The fraction of sp³-hybridized carbons (Fsp3) is 0. The van der Waals surface area contributed by atoms with Gasteiger partial charge in [-0.2, -0.15) is 0 Å². The number of benzene rings is 1. The third-order valence-electron chi connectivity index (χ3n) is 2.09. The first-order valence-electron chi connectivity index (χ1n) is 4.45. The van der Waals surface area contributed by atoms with Crippen molar-refractivity contribution in [2.75, 3.05) is 0 Å². The van der Waals surface area contributed by atoms with E-state index < -0.39 is 0 Å². The average Bonchev–Trinajstić information content (AvgIpc) is 2.30. The highest BCUT2D eigenvalue weighted by atomic mass is 16.4. The van der Waals surface area contributed by atoms with Crippen LogP contribution in [0.5, 0.6) is 0 Å². The number of carbonyl (C=O) groups is 1. The summed E-state index contributed by atoms with van der Waals surface area (Å²) in [5.41, 5.74) is 1.44. The maximum absolute atomic E-state index is 11.3. The monoisotopic (exact) mass is 200 g/mol. The third kappa shape index (κ3) is 1.86. The summed E-state index contributed by atoms with van der Waals surface area (Å²) in [7, 11) is 0. The first-order chi connectivity index (χ1) is 7.31. The van der Waals surface area contributed by atoms with Crippen molar-refractivity contribution in [1.82, 2.24) is 0 Å². The molecule has 3 nitrogen and oxygen atoms in total. The van der Waals surface area contributed by atoms with E-state index in [9.17, 15) is 9.59 Å². The minimum Gasteiger partial charge on any atom is -0.431 e. The summed E-state index contributed by atoms with van der Waals surface area (Å²) >= 11 is 0. The van der Waals surface area contributed by atoms with Crippen LogP contribution in [-0.2, 0) is 0 Å². The number of hydrogen-bond acceptors (Lipinski definition) is 3. The van der Waals surface area contributed by atoms with Crippen molar-refractivity contribution in [3.05, 3.63) is 58.6 Å². The van der Waals surface area contributed by atoms with Crippen LogP contribution >= 0.6 is 0 Å². The molecule has 74 valence electrons. The quantitative estimate of drug-likeness (QED) is 0.697. The van der Waals surface area contributed by atoms with E-state index in [4.69, 9.17) is 4.42 Å². The van der Waals surface area contributed by atoms with Crippen molar-refractivity contribution in [1.29, 1.82) is 0 Å². The summed E-state index contributed by atoms with van der Waals surface area (Å²) in [6.45, 7) is 0. The molecule has 0 aliphatic heterocycles. The van der Waals surface area contributed by atoms with E-state index in [1.807, 2.05) is 0 Å². The van der Waals surface area contributed by atoms with E-state index in [1.54, 1.807) is 36.4 Å². The van der Waals surface area contributed by atoms with Crippen molar-refractivity contribution in [2.45, 2.75) is 0 Å². The highest BCUT2D eigenvalue weighted by Crippen LogP contribution is 2.15. The largest absolute Gasteiger partial charge is 0.431 e. The maximum atomic E-state index is 11.3. The predicted molar refractivity (Wildman–Crippen MR) is 55.8 cm³/mol. The molecule has 0 spiro atoms. The molecule has 0 N–H and O–H groups in total. The van der Waals surface area contributed by atoms with E-state index in [0.29, 0.717) is 11.1 Å². The van der Waals surface area contributed by atoms with E-state index in [0.717, 1.165) is 11.8 Å². The fourth-order valence-corrected chi connectivity index (χ4v) is 1.32. The molecule has 0 amide bonds. The minimum absolute atomic E-state index is 0.378. The normalized spacial score (nSPS) is 9.87. The lowest BCUT2D eigenvalue weighted by Crippen LogP contribution is -2.00. The molecule has 2 rings (SSSR count). The van der Waals surface area contributed by atoms with Crippen LogP contribution in [0, 0.1) is 0 Å². The summed E-state index contributed by atoms with van der Waals surface area (Å²) in [6.07, 6.45) is 2.10. The zero-order valence-electron chi connectivity index (χ0n) is 7.84. The van der Waals surface area contributed by atoms with Crippen molar-refractivity contribution >= 4 is 6.29 Å². The Morgan fingerprint density at radius 3 is 2.40 bits per heavy atom. The highest BCUT2D eigenvalue weighted by Gasteiger charge is 2.02. The number of aldehydes is 1. The lowest BCUT2D eigenvalue weighted by atomic mass is 10.1. The Bertz CT molecular complexity index is 523. The SMILES string of the molecule is O=Cc1ccc(-c2cccoc2=O)cc1. The first kappa shape index (κ1) is 9.40. The van der Waals surface area contributed by atoms with Crippen LogP contribution < -0.4 is 5.63 Å². The Morgan fingerprint density at radius 1 is 1.07 bits per heavy atom. The molecular formula is C12H8O3. The van der Waals surface area contributed by atoms with Crippen LogP contribution in [0.15, 0.2) is 51.9 Å². The van der Waals surface area contributed by atoms with Crippen molar-refractivity contribution in [3.63, 3.8) is 0 Å². The lowest BCUT2D eigenvalue weighted by Gasteiger charge is -1.98. The minimum atomic E-state index is -0.378. The number of rotatable bonds is 2. The van der Waals surface area contributed by atoms with Crippen molar-refractivity contribution in [2.24, 2.45) is 0 Å². The second-order valence-electron chi connectivity index (χ2n) is 3.05. The van der Waals surface area contributed by atoms with Crippen LogP contribution in [0.2, 0.25) is 0 Å². The van der Waals surface area contributed by atoms with E-state index >= 15 is 0 Å². The molecule has 0 saturated heterocycles. The van der Waals surface area contributed by atoms with Gasteiger partial charge >= 0.3 is 5.63 Å². The Hall–Kier alpha value is -2.16. The Balaban J connectivity index is 2.51. The van der Waals surface area contributed by atoms with Gasteiger partial charge in [0.2, 0.25) is 0 Å². The zero-order valence-corrected chi connectivity index (χ0v) is 7.84. The lowest BCUT2D eigenvalue weighted by molar-refractivity contribution is 0.112. The molecular weight excluding hydrogens is 192 g/mol. The molecule has 1 heterocycles. The molecule has 0 aliphatic carbocycles. The van der Waals surface area contributed by atoms with Crippen LogP contribution in [0.1, 0.15) is 10.4 Å². The Labute approximate surface area is 86.0 Å². The third-order valence-corrected chi connectivity index (χ3v) is 2.09. The Morgan fingerprint density at radius 2 is 1.80 bits per heavy atom. The second-order valence-corrected chi connectivity index (χ2v) is 3.05. The summed E-state index contributed by atoms with van der Waals surface area (Å²) in [5.74, 6) is 0. The van der Waals surface area contributed by atoms with Crippen LogP contribution in [0.25, 0.3) is 11.1 Å². The topological polar surface area (TPSA) is 47.3 Å². The number of hydrogen-bond donors (Lipinski definition) is 0. The molecule has 0 unspecified atom stereocenters. The molecule has 0 radical (unpaired) electrons. The van der Waals surface area contributed by atoms with Gasteiger partial charge in [0.25, 0.3) is 0 Å². The maximum Gasteiger partial charge on any atom is 0.343 e. The molecule has 2 aromatic rings. The number of carbonyl (C=O) groups excluding carboxylic acids is 1. The molecule has 0 saturated carbocycles. The van der Waals surface area contributed by atoms with Gasteiger partial charge in [-0.25, -0.2) is 4.79 Å². The summed E-state index contributed by atoms with van der Waals surface area (Å²) in [5, 5.41) is 0. The molecule has 1 aromatic heterocycles. The van der Waals surface area contributed by atoms with Crippen molar-refractivity contribution < 1.29 is 9.21 Å². The molecule has 3 heteroatoms. The van der Waals surface area contributed by atoms with Gasteiger partial charge in [-0.15, -0.1) is 0 Å². The molecule has 0 atom stereocenters. The smallest absolute Gasteiger partial charge is 0.343 e. The standard InChI is InChI=1S/C12H8O3/c13-8-9-3-5-10(6-4-9)11-2-1-7-15-12(11)14/h1-8H. The van der Waals surface area contributed by atoms with Gasteiger partial charge in [0.05, 0.1) is 11.8 Å².